The minimum Gasteiger partial charge on any atom is -0.493 e. The Bertz CT molecular complexity index is 596. The molecule has 0 aromatic heterocycles. The second-order valence-electron chi connectivity index (χ2n) is 5.66. The molecule has 0 saturated heterocycles. The van der Waals surface area contributed by atoms with E-state index in [2.05, 4.69) is 21.2 Å². The van der Waals surface area contributed by atoms with Crippen LogP contribution in [0, 0.1) is 0 Å². The topological polar surface area (TPSA) is 94.1 Å². The summed E-state index contributed by atoms with van der Waals surface area (Å²) < 4.78 is 16.0. The Hall–Kier alpha value is -1.96. The predicted octanol–water partition coefficient (Wildman–Crippen LogP) is 3.12. The average Bonchev–Trinajstić information content (AvgIpc) is 2.41. The van der Waals surface area contributed by atoms with Gasteiger partial charge in [0.15, 0.2) is 17.5 Å². The SMILES string of the molecule is COc1cc([C@@H](NC(=O)OC(C)(C)C)C(=O)O)cc(Br)c1OC. The number of alkyl carbamates (subject to hydrolysis) is 1. The Balaban J connectivity index is 3.14. The molecule has 0 unspecified atom stereocenters. The number of aliphatic carboxylic acids is 1. The smallest absolute Gasteiger partial charge is 0.408 e. The normalized spacial score (nSPS) is 12.3. The van der Waals surface area contributed by atoms with E-state index in [1.54, 1.807) is 20.8 Å². The molecule has 0 aliphatic rings. The van der Waals surface area contributed by atoms with Gasteiger partial charge in [0, 0.05) is 0 Å². The summed E-state index contributed by atoms with van der Waals surface area (Å²) >= 11 is 3.29. The molecule has 1 amide bonds. The van der Waals surface area contributed by atoms with E-state index < -0.39 is 23.7 Å². The number of nitrogens with one attached hydrogen (secondary N) is 1. The van der Waals surface area contributed by atoms with Crippen molar-refractivity contribution in [1.29, 1.82) is 0 Å². The maximum Gasteiger partial charge on any atom is 0.408 e. The number of methoxy groups -OCH3 is 2. The van der Waals surface area contributed by atoms with Crippen LogP contribution in [0.3, 0.4) is 0 Å². The fraction of sp³-hybridized carbons (Fsp3) is 0.467. The summed E-state index contributed by atoms with van der Waals surface area (Å²) in [6.45, 7) is 5.07. The van der Waals surface area contributed by atoms with Crippen molar-refractivity contribution in [1.82, 2.24) is 5.32 Å². The third kappa shape index (κ3) is 5.31. The van der Waals surface area contributed by atoms with Crippen LogP contribution in [-0.2, 0) is 9.53 Å². The van der Waals surface area contributed by atoms with Crippen LogP contribution in [0.1, 0.15) is 32.4 Å². The Morgan fingerprint density at radius 3 is 2.26 bits per heavy atom. The molecular weight excluding hydrogens is 370 g/mol. The van der Waals surface area contributed by atoms with Crippen molar-refractivity contribution in [3.05, 3.63) is 22.2 Å². The molecule has 0 fully saturated rings. The van der Waals surface area contributed by atoms with E-state index in [1.807, 2.05) is 0 Å². The summed E-state index contributed by atoms with van der Waals surface area (Å²) in [6.07, 6.45) is -0.823. The quantitative estimate of drug-likeness (QED) is 0.803. The molecule has 0 bridgehead atoms. The third-order valence-electron chi connectivity index (χ3n) is 2.70. The van der Waals surface area contributed by atoms with Gasteiger partial charge in [-0.2, -0.15) is 0 Å². The highest BCUT2D eigenvalue weighted by atomic mass is 79.9. The third-order valence-corrected chi connectivity index (χ3v) is 3.29. The van der Waals surface area contributed by atoms with E-state index in [-0.39, 0.29) is 0 Å². The zero-order chi connectivity index (χ0) is 17.8. The number of rotatable bonds is 5. The Labute approximate surface area is 143 Å². The second-order valence-corrected chi connectivity index (χ2v) is 6.51. The van der Waals surface area contributed by atoms with Gasteiger partial charge in [0.1, 0.15) is 5.60 Å². The lowest BCUT2D eigenvalue weighted by molar-refractivity contribution is -0.139. The summed E-state index contributed by atoms with van der Waals surface area (Å²) in [5.41, 5.74) is -0.418. The maximum atomic E-state index is 11.8. The molecule has 0 aliphatic heterocycles. The number of hydrogen-bond donors (Lipinski definition) is 2. The molecule has 0 heterocycles. The molecule has 0 radical (unpaired) electrons. The van der Waals surface area contributed by atoms with Crippen molar-refractivity contribution in [2.45, 2.75) is 32.4 Å². The van der Waals surface area contributed by atoms with Crippen molar-refractivity contribution in [3.63, 3.8) is 0 Å². The number of carbonyl (C=O) groups excluding carboxylic acids is 1. The number of benzene rings is 1. The lowest BCUT2D eigenvalue weighted by atomic mass is 10.1. The maximum absolute atomic E-state index is 11.8. The van der Waals surface area contributed by atoms with E-state index in [0.29, 0.717) is 21.5 Å². The summed E-state index contributed by atoms with van der Waals surface area (Å²) in [7, 11) is 2.90. The summed E-state index contributed by atoms with van der Waals surface area (Å²) in [4.78, 5) is 23.4. The highest BCUT2D eigenvalue weighted by molar-refractivity contribution is 9.10. The number of ether oxygens (including phenoxy) is 3. The Morgan fingerprint density at radius 1 is 1.22 bits per heavy atom. The monoisotopic (exact) mass is 389 g/mol. The van der Waals surface area contributed by atoms with Crippen LogP contribution in [0.25, 0.3) is 0 Å². The molecule has 0 saturated carbocycles. The van der Waals surface area contributed by atoms with Crippen LogP contribution in [0.4, 0.5) is 4.79 Å². The highest BCUT2D eigenvalue weighted by Gasteiger charge is 2.27. The summed E-state index contributed by atoms with van der Waals surface area (Å²) in [6, 6.07) is 1.73. The van der Waals surface area contributed by atoms with Gasteiger partial charge in [-0.3, -0.25) is 0 Å². The lowest BCUT2D eigenvalue weighted by Crippen LogP contribution is -2.38. The molecule has 1 aromatic carbocycles. The number of amides is 1. The fourth-order valence-corrected chi connectivity index (χ4v) is 2.44. The number of carbonyl (C=O) groups is 2. The molecule has 0 spiro atoms. The van der Waals surface area contributed by atoms with E-state index in [9.17, 15) is 14.7 Å². The van der Waals surface area contributed by atoms with E-state index in [4.69, 9.17) is 14.2 Å². The molecule has 1 aromatic rings. The van der Waals surface area contributed by atoms with Gasteiger partial charge in [-0.05, 0) is 54.4 Å². The first kappa shape index (κ1) is 19.1. The van der Waals surface area contributed by atoms with E-state index in [1.165, 1.54) is 26.4 Å². The summed E-state index contributed by atoms with van der Waals surface area (Å²) in [5, 5.41) is 11.7. The van der Waals surface area contributed by atoms with Crippen LogP contribution >= 0.6 is 15.9 Å². The molecule has 2 N–H and O–H groups in total. The van der Waals surface area contributed by atoms with Gasteiger partial charge in [-0.1, -0.05) is 0 Å². The second kappa shape index (κ2) is 7.54. The first-order valence-electron chi connectivity index (χ1n) is 6.72. The van der Waals surface area contributed by atoms with Gasteiger partial charge in [0.2, 0.25) is 0 Å². The number of halogens is 1. The van der Waals surface area contributed by atoms with E-state index in [0.717, 1.165) is 0 Å². The molecule has 8 heteroatoms. The average molecular weight is 390 g/mol. The molecule has 0 aliphatic carbocycles. The van der Waals surface area contributed by atoms with Gasteiger partial charge in [0.25, 0.3) is 0 Å². The number of carboxylic acid groups (broad SMARTS) is 1. The van der Waals surface area contributed by atoms with Crippen molar-refractivity contribution < 1.29 is 28.9 Å². The standard InChI is InChI=1S/C15H20BrNO6/c1-15(2,3)23-14(20)17-11(13(18)19)8-6-9(16)12(22-5)10(7-8)21-4/h6-7,11H,1-5H3,(H,17,20)(H,18,19)/t11-/m1/s1. The Morgan fingerprint density at radius 2 is 1.83 bits per heavy atom. The first-order valence-corrected chi connectivity index (χ1v) is 7.52. The lowest BCUT2D eigenvalue weighted by Gasteiger charge is -2.22. The molecular formula is C15H20BrNO6. The predicted molar refractivity (Wildman–Crippen MR) is 87.0 cm³/mol. The Kier molecular flexibility index (Phi) is 6.26. The minimum atomic E-state index is -1.29. The van der Waals surface area contributed by atoms with Gasteiger partial charge in [0.05, 0.1) is 18.7 Å². The first-order chi connectivity index (χ1) is 10.6. The van der Waals surface area contributed by atoms with E-state index >= 15 is 0 Å². The van der Waals surface area contributed by atoms with Crippen LogP contribution in [0.2, 0.25) is 0 Å². The highest BCUT2D eigenvalue weighted by Crippen LogP contribution is 2.38. The van der Waals surface area contributed by atoms with Crippen LogP contribution in [-0.4, -0.2) is 37.0 Å². The fourth-order valence-electron chi connectivity index (χ4n) is 1.82. The molecule has 23 heavy (non-hydrogen) atoms. The van der Waals surface area contributed by atoms with Gasteiger partial charge in [-0.15, -0.1) is 0 Å². The van der Waals surface area contributed by atoms with Crippen LogP contribution < -0.4 is 14.8 Å². The largest absolute Gasteiger partial charge is 0.493 e. The van der Waals surface area contributed by atoms with Crippen molar-refractivity contribution >= 4 is 28.0 Å². The van der Waals surface area contributed by atoms with Gasteiger partial charge >= 0.3 is 12.1 Å². The zero-order valence-electron chi connectivity index (χ0n) is 13.6. The van der Waals surface area contributed by atoms with Crippen molar-refractivity contribution in [3.8, 4) is 11.5 Å². The molecule has 128 valence electrons. The summed E-state index contributed by atoms with van der Waals surface area (Å²) in [5.74, 6) is -0.457. The van der Waals surface area contributed by atoms with Crippen LogP contribution in [0.15, 0.2) is 16.6 Å². The van der Waals surface area contributed by atoms with Crippen molar-refractivity contribution in [2.24, 2.45) is 0 Å². The number of hydrogen-bond acceptors (Lipinski definition) is 5. The molecule has 7 nitrogen and oxygen atoms in total. The molecule has 1 atom stereocenters. The number of carboxylic acids is 1. The molecule has 1 rings (SSSR count). The minimum absolute atomic E-state index is 0.313. The van der Waals surface area contributed by atoms with Gasteiger partial charge < -0.3 is 24.6 Å². The van der Waals surface area contributed by atoms with Gasteiger partial charge in [-0.25, -0.2) is 9.59 Å². The zero-order valence-corrected chi connectivity index (χ0v) is 15.2. The van der Waals surface area contributed by atoms with Crippen LogP contribution in [0.5, 0.6) is 11.5 Å². The van der Waals surface area contributed by atoms with Crippen molar-refractivity contribution in [2.75, 3.05) is 14.2 Å².